The quantitative estimate of drug-likeness (QED) is 0.541. The molecular formula is C11H20N2O4. The summed E-state index contributed by atoms with van der Waals surface area (Å²) in [5.74, 6) is -1.04. The largest absolute Gasteiger partial charge is 0.480 e. The van der Waals surface area contributed by atoms with E-state index >= 15 is 0 Å². The zero-order valence-electron chi connectivity index (χ0n) is 9.85. The van der Waals surface area contributed by atoms with Gasteiger partial charge in [-0.05, 0) is 32.1 Å². The number of nitrogens with two attached hydrogens (primary N) is 1. The van der Waals surface area contributed by atoms with E-state index in [2.05, 4.69) is 5.32 Å². The lowest BCUT2D eigenvalue weighted by molar-refractivity contribution is -0.138. The molecule has 1 aliphatic rings. The second kappa shape index (κ2) is 7.24. The van der Waals surface area contributed by atoms with E-state index in [4.69, 9.17) is 15.6 Å². The van der Waals surface area contributed by atoms with Gasteiger partial charge in [-0.15, -0.1) is 0 Å². The summed E-state index contributed by atoms with van der Waals surface area (Å²) in [6, 6.07) is -0.802. The van der Waals surface area contributed by atoms with Crippen LogP contribution in [0.1, 0.15) is 32.1 Å². The number of carbonyl (C=O) groups excluding carboxylic acids is 1. The maximum absolute atomic E-state index is 11.5. The Balaban J connectivity index is 2.00. The van der Waals surface area contributed by atoms with Gasteiger partial charge in [0.2, 0.25) is 5.91 Å². The lowest BCUT2D eigenvalue weighted by atomic mass is 10.1. The number of hydrogen-bond donors (Lipinski definition) is 3. The first-order valence-electron chi connectivity index (χ1n) is 5.99. The lowest BCUT2D eigenvalue weighted by Gasteiger charge is -2.10. The van der Waals surface area contributed by atoms with E-state index < -0.39 is 12.0 Å². The molecule has 17 heavy (non-hydrogen) atoms. The molecule has 0 radical (unpaired) electrons. The van der Waals surface area contributed by atoms with Gasteiger partial charge in [0.15, 0.2) is 0 Å². The van der Waals surface area contributed by atoms with E-state index in [-0.39, 0.29) is 12.0 Å². The Hall–Kier alpha value is -1.14. The Kier molecular flexibility index (Phi) is 5.93. The minimum absolute atomic E-state index is 0.0648. The van der Waals surface area contributed by atoms with E-state index in [0.29, 0.717) is 26.0 Å². The highest BCUT2D eigenvalue weighted by molar-refractivity contribution is 5.80. The van der Waals surface area contributed by atoms with Crippen LogP contribution >= 0.6 is 0 Å². The number of ether oxygens (including phenoxy) is 1. The van der Waals surface area contributed by atoms with Gasteiger partial charge in [-0.3, -0.25) is 9.59 Å². The Labute approximate surface area is 101 Å². The molecule has 0 saturated carbocycles. The van der Waals surface area contributed by atoms with Crippen LogP contribution in [-0.2, 0) is 14.3 Å². The summed E-state index contributed by atoms with van der Waals surface area (Å²) in [6.07, 6.45) is 3.29. The van der Waals surface area contributed by atoms with Gasteiger partial charge in [-0.2, -0.15) is 0 Å². The molecule has 0 aromatic rings. The Morgan fingerprint density at radius 2 is 2.24 bits per heavy atom. The van der Waals surface area contributed by atoms with Crippen LogP contribution in [0.2, 0.25) is 0 Å². The molecule has 6 nitrogen and oxygen atoms in total. The van der Waals surface area contributed by atoms with Gasteiger partial charge in [0.05, 0.1) is 0 Å². The van der Waals surface area contributed by atoms with Gasteiger partial charge in [-0.1, -0.05) is 0 Å². The number of rotatable bonds is 7. The monoisotopic (exact) mass is 244 g/mol. The predicted molar refractivity (Wildman–Crippen MR) is 61.4 cm³/mol. The molecule has 2 atom stereocenters. The van der Waals surface area contributed by atoms with Crippen LogP contribution in [0.15, 0.2) is 0 Å². The van der Waals surface area contributed by atoms with Crippen molar-refractivity contribution >= 4 is 11.9 Å². The number of carboxylic acids is 1. The minimum atomic E-state index is -0.978. The molecule has 1 aliphatic heterocycles. The number of aliphatic carboxylic acids is 1. The third kappa shape index (κ3) is 5.14. The second-order valence-electron chi connectivity index (χ2n) is 4.23. The Bertz CT molecular complexity index is 264. The van der Waals surface area contributed by atoms with Gasteiger partial charge in [0, 0.05) is 13.2 Å². The first kappa shape index (κ1) is 13.9. The summed E-state index contributed by atoms with van der Waals surface area (Å²) < 4.78 is 5.23. The van der Waals surface area contributed by atoms with Gasteiger partial charge in [0.25, 0.3) is 0 Å². The summed E-state index contributed by atoms with van der Waals surface area (Å²) in [5.41, 5.74) is 5.35. The molecule has 1 saturated heterocycles. The maximum atomic E-state index is 11.5. The molecular weight excluding hydrogens is 224 g/mol. The predicted octanol–water partition coefficient (Wildman–Crippen LogP) is -0.136. The number of hydrogen-bond acceptors (Lipinski definition) is 4. The molecule has 0 aromatic carbocycles. The molecule has 98 valence electrons. The number of carboxylic acid groups (broad SMARTS) is 1. The van der Waals surface area contributed by atoms with E-state index in [1.165, 1.54) is 0 Å². The first-order valence-corrected chi connectivity index (χ1v) is 5.99. The van der Waals surface area contributed by atoms with E-state index in [1.807, 2.05) is 0 Å². The molecule has 0 bridgehead atoms. The Morgan fingerprint density at radius 1 is 1.47 bits per heavy atom. The van der Waals surface area contributed by atoms with Crippen LogP contribution in [0.3, 0.4) is 0 Å². The van der Waals surface area contributed by atoms with Crippen LogP contribution in [0.25, 0.3) is 0 Å². The molecule has 1 fully saturated rings. The van der Waals surface area contributed by atoms with Crippen molar-refractivity contribution in [2.75, 3.05) is 13.2 Å². The van der Waals surface area contributed by atoms with Gasteiger partial charge in [-0.25, -0.2) is 0 Å². The molecule has 0 unspecified atom stereocenters. The topological polar surface area (TPSA) is 102 Å². The molecule has 4 N–H and O–H groups in total. The number of nitrogens with one attached hydrogen (secondary N) is 1. The molecule has 0 aromatic heterocycles. The van der Waals surface area contributed by atoms with E-state index in [0.717, 1.165) is 19.3 Å². The third-order valence-corrected chi connectivity index (χ3v) is 2.78. The standard InChI is InChI=1S/C11H20N2O4/c12-8(11(15)16)4-1-2-6-13-10(14)9-5-3-7-17-9/h8-9H,1-7,12H2,(H,13,14)(H,15,16)/t8-,9+/m0/s1. The SMILES string of the molecule is N[C@@H](CCCCNC(=O)[C@H]1CCCO1)C(=O)O. The fourth-order valence-corrected chi connectivity index (χ4v) is 1.72. The second-order valence-corrected chi connectivity index (χ2v) is 4.23. The van der Waals surface area contributed by atoms with Gasteiger partial charge < -0.3 is 20.9 Å². The van der Waals surface area contributed by atoms with Crippen molar-refractivity contribution in [1.29, 1.82) is 0 Å². The van der Waals surface area contributed by atoms with Gasteiger partial charge >= 0.3 is 5.97 Å². The van der Waals surface area contributed by atoms with Crippen molar-refractivity contribution in [2.24, 2.45) is 5.73 Å². The van der Waals surface area contributed by atoms with Crippen molar-refractivity contribution < 1.29 is 19.4 Å². The molecule has 0 spiro atoms. The summed E-state index contributed by atoms with van der Waals surface area (Å²) in [4.78, 5) is 21.9. The number of unbranched alkanes of at least 4 members (excludes halogenated alkanes) is 1. The third-order valence-electron chi connectivity index (χ3n) is 2.78. The van der Waals surface area contributed by atoms with Crippen molar-refractivity contribution in [1.82, 2.24) is 5.32 Å². The molecule has 1 rings (SSSR count). The van der Waals surface area contributed by atoms with Crippen LogP contribution in [0.5, 0.6) is 0 Å². The highest BCUT2D eigenvalue weighted by Gasteiger charge is 2.22. The molecule has 6 heteroatoms. The molecule has 0 aliphatic carbocycles. The molecule has 1 heterocycles. The van der Waals surface area contributed by atoms with Crippen LogP contribution in [0, 0.1) is 0 Å². The zero-order chi connectivity index (χ0) is 12.7. The highest BCUT2D eigenvalue weighted by atomic mass is 16.5. The maximum Gasteiger partial charge on any atom is 0.320 e. The van der Waals surface area contributed by atoms with Crippen molar-refractivity contribution in [2.45, 2.75) is 44.2 Å². The number of amides is 1. The van der Waals surface area contributed by atoms with Crippen LogP contribution < -0.4 is 11.1 Å². The summed E-state index contributed by atoms with van der Waals surface area (Å²) in [5, 5.41) is 11.3. The smallest absolute Gasteiger partial charge is 0.320 e. The highest BCUT2D eigenvalue weighted by Crippen LogP contribution is 2.11. The normalized spacial score (nSPS) is 21.1. The van der Waals surface area contributed by atoms with Crippen molar-refractivity contribution in [3.8, 4) is 0 Å². The van der Waals surface area contributed by atoms with Crippen molar-refractivity contribution in [3.63, 3.8) is 0 Å². The zero-order valence-corrected chi connectivity index (χ0v) is 9.85. The average Bonchev–Trinajstić information content (AvgIpc) is 2.81. The summed E-state index contributed by atoms with van der Waals surface area (Å²) >= 11 is 0. The van der Waals surface area contributed by atoms with E-state index in [9.17, 15) is 9.59 Å². The summed E-state index contributed by atoms with van der Waals surface area (Å²) in [7, 11) is 0. The fourth-order valence-electron chi connectivity index (χ4n) is 1.72. The van der Waals surface area contributed by atoms with Crippen LogP contribution in [-0.4, -0.2) is 42.3 Å². The average molecular weight is 244 g/mol. The van der Waals surface area contributed by atoms with Crippen molar-refractivity contribution in [3.05, 3.63) is 0 Å². The fraction of sp³-hybridized carbons (Fsp3) is 0.818. The Morgan fingerprint density at radius 3 is 2.82 bits per heavy atom. The first-order chi connectivity index (χ1) is 8.11. The van der Waals surface area contributed by atoms with Crippen LogP contribution in [0.4, 0.5) is 0 Å². The summed E-state index contributed by atoms with van der Waals surface area (Å²) in [6.45, 7) is 1.20. The number of carbonyl (C=O) groups is 2. The van der Waals surface area contributed by atoms with E-state index in [1.54, 1.807) is 0 Å². The minimum Gasteiger partial charge on any atom is -0.480 e. The molecule has 1 amide bonds. The lowest BCUT2D eigenvalue weighted by Crippen LogP contribution is -2.35. The van der Waals surface area contributed by atoms with Gasteiger partial charge in [0.1, 0.15) is 12.1 Å².